The molecule has 2 aromatic heterocycles. The van der Waals surface area contributed by atoms with Gasteiger partial charge in [-0.05, 0) is 87.3 Å². The summed E-state index contributed by atoms with van der Waals surface area (Å²) in [5.74, 6) is 0. The van der Waals surface area contributed by atoms with Crippen LogP contribution in [-0.2, 0) is 0 Å². The summed E-state index contributed by atoms with van der Waals surface area (Å²) in [5.41, 5.74) is 5.93. The van der Waals surface area contributed by atoms with Gasteiger partial charge in [0.15, 0.2) is 0 Å². The maximum absolute atomic E-state index is 2.43. The van der Waals surface area contributed by atoms with Gasteiger partial charge < -0.3 is 4.90 Å². The van der Waals surface area contributed by atoms with Gasteiger partial charge in [-0.15, -0.1) is 22.7 Å². The molecule has 0 N–H and O–H groups in total. The van der Waals surface area contributed by atoms with E-state index in [2.05, 4.69) is 169 Å². The standard InChI is InChI=1S/C44H27NS2/c1-2-12-33(13-3-1)45(34-22-19-29(20-23-34)32-18-17-28-9-4-5-11-31(28)27-32)37-15-8-16-38-42(37)43-40(46-38)26-25-39-41(43)36-24-21-30-10-6-7-14-35(30)44(36)47-39/h1-27H. The molecule has 0 aliphatic rings. The highest BCUT2D eigenvalue weighted by molar-refractivity contribution is 7.28. The molecule has 0 aliphatic heterocycles. The van der Waals surface area contributed by atoms with E-state index in [-0.39, 0.29) is 0 Å². The van der Waals surface area contributed by atoms with Gasteiger partial charge in [0.2, 0.25) is 0 Å². The molecular formula is C44H27NS2. The number of fused-ring (bicyclic) bond motifs is 10. The summed E-state index contributed by atoms with van der Waals surface area (Å²) in [5, 5.41) is 10.5. The van der Waals surface area contributed by atoms with Crippen LogP contribution in [0.25, 0.3) is 73.0 Å². The molecule has 0 fully saturated rings. The Morgan fingerprint density at radius 1 is 0.362 bits per heavy atom. The highest BCUT2D eigenvalue weighted by Crippen LogP contribution is 2.50. The summed E-state index contributed by atoms with van der Waals surface area (Å²) < 4.78 is 5.34. The van der Waals surface area contributed by atoms with Crippen molar-refractivity contribution >= 4 is 102 Å². The Labute approximate surface area is 280 Å². The van der Waals surface area contributed by atoms with E-state index in [1.54, 1.807) is 0 Å². The van der Waals surface area contributed by atoms with Crippen LogP contribution in [0.15, 0.2) is 164 Å². The summed E-state index contributed by atoms with van der Waals surface area (Å²) in [6.45, 7) is 0. The molecule has 10 aromatic rings. The number of nitrogens with zero attached hydrogens (tertiary/aromatic N) is 1. The number of benzene rings is 8. The van der Waals surface area contributed by atoms with Crippen LogP contribution in [0.1, 0.15) is 0 Å². The zero-order valence-electron chi connectivity index (χ0n) is 25.4. The summed E-state index contributed by atoms with van der Waals surface area (Å²) in [6.07, 6.45) is 0. The summed E-state index contributed by atoms with van der Waals surface area (Å²) in [4.78, 5) is 2.43. The Hall–Kier alpha value is -5.48. The molecule has 0 saturated carbocycles. The van der Waals surface area contributed by atoms with Crippen LogP contribution in [-0.4, -0.2) is 0 Å². The SMILES string of the molecule is c1ccc(N(c2ccc(-c3ccc4ccccc4c3)cc2)c2cccc3sc4ccc5sc6c7ccccc7ccc6c5c4c23)cc1. The first-order valence-corrected chi connectivity index (χ1v) is 17.6. The number of rotatable bonds is 4. The van der Waals surface area contributed by atoms with E-state index in [1.807, 2.05) is 22.7 Å². The Bertz CT molecular complexity index is 2790. The lowest BCUT2D eigenvalue weighted by atomic mass is 10.00. The second-order valence-corrected chi connectivity index (χ2v) is 14.2. The Morgan fingerprint density at radius 2 is 1.02 bits per heavy atom. The fraction of sp³-hybridized carbons (Fsp3) is 0. The summed E-state index contributed by atoms with van der Waals surface area (Å²) in [7, 11) is 0. The number of hydrogen-bond donors (Lipinski definition) is 0. The van der Waals surface area contributed by atoms with Crippen LogP contribution in [0.3, 0.4) is 0 Å². The van der Waals surface area contributed by atoms with Crippen molar-refractivity contribution in [2.45, 2.75) is 0 Å². The molecule has 0 radical (unpaired) electrons. The van der Waals surface area contributed by atoms with Gasteiger partial charge >= 0.3 is 0 Å². The van der Waals surface area contributed by atoms with Gasteiger partial charge in [0.25, 0.3) is 0 Å². The second-order valence-electron chi connectivity index (χ2n) is 12.1. The molecule has 3 heteroatoms. The van der Waals surface area contributed by atoms with E-state index in [9.17, 15) is 0 Å². The fourth-order valence-electron chi connectivity index (χ4n) is 7.25. The molecule has 1 nitrogen and oxygen atoms in total. The van der Waals surface area contributed by atoms with Gasteiger partial charge in [0.05, 0.1) is 5.69 Å². The lowest BCUT2D eigenvalue weighted by Crippen LogP contribution is -2.10. The van der Waals surface area contributed by atoms with Crippen molar-refractivity contribution in [1.82, 2.24) is 0 Å². The van der Waals surface area contributed by atoms with Gasteiger partial charge in [-0.3, -0.25) is 0 Å². The van der Waals surface area contributed by atoms with Crippen molar-refractivity contribution in [3.8, 4) is 11.1 Å². The lowest BCUT2D eigenvalue weighted by molar-refractivity contribution is 1.30. The number of anilines is 3. The Balaban J connectivity index is 1.21. The number of thiophene rings is 2. The van der Waals surface area contributed by atoms with E-state index in [0.29, 0.717) is 0 Å². The first-order valence-electron chi connectivity index (χ1n) is 15.9. The van der Waals surface area contributed by atoms with Gasteiger partial charge in [-0.2, -0.15) is 0 Å². The van der Waals surface area contributed by atoms with Crippen molar-refractivity contribution in [2.24, 2.45) is 0 Å². The maximum Gasteiger partial charge on any atom is 0.0555 e. The average molecular weight is 634 g/mol. The molecule has 2 heterocycles. The Morgan fingerprint density at radius 3 is 1.87 bits per heavy atom. The maximum atomic E-state index is 2.43. The molecule has 0 amide bonds. The van der Waals surface area contributed by atoms with Crippen LogP contribution in [0.2, 0.25) is 0 Å². The minimum atomic E-state index is 1.14. The van der Waals surface area contributed by atoms with Crippen LogP contribution < -0.4 is 4.90 Å². The number of para-hydroxylation sites is 1. The van der Waals surface area contributed by atoms with Crippen molar-refractivity contribution in [3.05, 3.63) is 164 Å². The van der Waals surface area contributed by atoms with E-state index >= 15 is 0 Å². The monoisotopic (exact) mass is 633 g/mol. The van der Waals surface area contributed by atoms with Crippen molar-refractivity contribution in [1.29, 1.82) is 0 Å². The third-order valence-corrected chi connectivity index (χ3v) is 11.8. The van der Waals surface area contributed by atoms with Gasteiger partial charge in [-0.25, -0.2) is 0 Å². The molecule has 47 heavy (non-hydrogen) atoms. The van der Waals surface area contributed by atoms with E-state index < -0.39 is 0 Å². The molecule has 0 aliphatic carbocycles. The van der Waals surface area contributed by atoms with Crippen molar-refractivity contribution in [2.75, 3.05) is 4.90 Å². The molecule has 8 aromatic carbocycles. The smallest absolute Gasteiger partial charge is 0.0555 e. The average Bonchev–Trinajstić information content (AvgIpc) is 3.71. The molecule has 10 rings (SSSR count). The first-order chi connectivity index (χ1) is 23.3. The second kappa shape index (κ2) is 10.5. The van der Waals surface area contributed by atoms with Crippen LogP contribution in [0.4, 0.5) is 17.1 Å². The van der Waals surface area contributed by atoms with Crippen LogP contribution in [0.5, 0.6) is 0 Å². The quantitative estimate of drug-likeness (QED) is 0.186. The van der Waals surface area contributed by atoms with Crippen molar-refractivity contribution < 1.29 is 0 Å². The molecule has 0 spiro atoms. The third-order valence-electron chi connectivity index (χ3n) is 9.43. The predicted octanol–water partition coefficient (Wildman–Crippen LogP) is 13.9. The summed E-state index contributed by atoms with van der Waals surface area (Å²) in [6, 6.07) is 60.0. The van der Waals surface area contributed by atoms with Gasteiger partial charge in [0, 0.05) is 51.7 Å². The molecule has 0 bridgehead atoms. The first kappa shape index (κ1) is 26.7. The topological polar surface area (TPSA) is 3.24 Å². The molecule has 0 unspecified atom stereocenters. The highest BCUT2D eigenvalue weighted by atomic mass is 32.1. The molecule has 0 saturated heterocycles. The van der Waals surface area contributed by atoms with Crippen LogP contribution in [0, 0.1) is 0 Å². The van der Waals surface area contributed by atoms with E-state index in [4.69, 9.17) is 0 Å². The van der Waals surface area contributed by atoms with Crippen LogP contribution >= 0.6 is 22.7 Å². The summed E-state index contributed by atoms with van der Waals surface area (Å²) >= 11 is 3.81. The van der Waals surface area contributed by atoms with E-state index in [1.165, 1.54) is 78.7 Å². The molecule has 220 valence electrons. The zero-order chi connectivity index (χ0) is 30.9. The van der Waals surface area contributed by atoms with Gasteiger partial charge in [0.1, 0.15) is 0 Å². The molecular weight excluding hydrogens is 607 g/mol. The normalized spacial score (nSPS) is 11.8. The minimum absolute atomic E-state index is 1.14. The zero-order valence-corrected chi connectivity index (χ0v) is 27.0. The largest absolute Gasteiger partial charge is 0.310 e. The fourth-order valence-corrected chi connectivity index (χ4v) is 9.63. The minimum Gasteiger partial charge on any atom is -0.310 e. The highest BCUT2D eigenvalue weighted by Gasteiger charge is 2.21. The number of hydrogen-bond acceptors (Lipinski definition) is 3. The third kappa shape index (κ3) is 4.21. The Kier molecular flexibility index (Phi) is 5.98. The van der Waals surface area contributed by atoms with Gasteiger partial charge in [-0.1, -0.05) is 109 Å². The lowest BCUT2D eigenvalue weighted by Gasteiger charge is -2.26. The van der Waals surface area contributed by atoms with E-state index in [0.717, 1.165) is 11.4 Å². The molecule has 0 atom stereocenters. The predicted molar refractivity (Wildman–Crippen MR) is 207 cm³/mol. The van der Waals surface area contributed by atoms with Crippen molar-refractivity contribution in [3.63, 3.8) is 0 Å².